The average molecular weight is 267 g/mol. The van der Waals surface area contributed by atoms with E-state index in [2.05, 4.69) is 10.2 Å². The molecule has 1 heterocycles. The van der Waals surface area contributed by atoms with Crippen LogP contribution in [0.1, 0.15) is 30.0 Å². The summed E-state index contributed by atoms with van der Waals surface area (Å²) < 4.78 is 18.8. The Kier molecular flexibility index (Phi) is 3.68. The van der Waals surface area contributed by atoms with Gasteiger partial charge in [-0.2, -0.15) is 0 Å². The van der Waals surface area contributed by atoms with Gasteiger partial charge in [0, 0.05) is 17.9 Å². The summed E-state index contributed by atoms with van der Waals surface area (Å²) >= 11 is 1.30. The summed E-state index contributed by atoms with van der Waals surface area (Å²) in [4.78, 5) is 0.840. The minimum absolute atomic E-state index is 0.256. The third-order valence-corrected chi connectivity index (χ3v) is 3.40. The number of nitrogens with two attached hydrogens (primary N) is 1. The van der Waals surface area contributed by atoms with Gasteiger partial charge in [0.15, 0.2) is 0 Å². The Morgan fingerprint density at radius 3 is 2.61 bits per heavy atom. The number of hydrogen-bond donors (Lipinski definition) is 1. The van der Waals surface area contributed by atoms with Crippen LogP contribution in [0.5, 0.6) is 0 Å². The highest BCUT2D eigenvalue weighted by Gasteiger charge is 2.14. The molecule has 0 saturated carbocycles. The standard InChI is InChI=1S/C12H14FN3OS/c1-6-4-11(9(7(2)14)5-10(6)13)18-12-16-15-8(3)17-12/h4-5,7H,14H2,1-3H3/t7-/m1/s1. The zero-order chi connectivity index (χ0) is 13.3. The van der Waals surface area contributed by atoms with Crippen molar-refractivity contribution in [2.75, 3.05) is 0 Å². The molecular weight excluding hydrogens is 253 g/mol. The molecule has 0 radical (unpaired) electrons. The van der Waals surface area contributed by atoms with Crippen molar-refractivity contribution in [2.24, 2.45) is 5.73 Å². The fraction of sp³-hybridized carbons (Fsp3) is 0.333. The molecule has 1 atom stereocenters. The summed E-state index contributed by atoms with van der Waals surface area (Å²) in [5.41, 5.74) is 7.15. The lowest BCUT2D eigenvalue weighted by Gasteiger charge is -2.12. The Morgan fingerprint density at radius 1 is 1.33 bits per heavy atom. The van der Waals surface area contributed by atoms with E-state index in [1.165, 1.54) is 17.8 Å². The topological polar surface area (TPSA) is 64.9 Å². The SMILES string of the molecule is Cc1nnc(Sc2cc(C)c(F)cc2[C@@H](C)N)o1. The van der Waals surface area contributed by atoms with E-state index >= 15 is 0 Å². The molecule has 0 unspecified atom stereocenters. The molecule has 96 valence electrons. The first kappa shape index (κ1) is 13.0. The molecule has 0 fully saturated rings. The van der Waals surface area contributed by atoms with E-state index in [4.69, 9.17) is 10.2 Å². The third kappa shape index (κ3) is 2.70. The second-order valence-electron chi connectivity index (χ2n) is 4.12. The maximum atomic E-state index is 13.5. The fourth-order valence-electron chi connectivity index (χ4n) is 1.53. The summed E-state index contributed by atoms with van der Waals surface area (Å²) in [5, 5.41) is 8.09. The maximum Gasteiger partial charge on any atom is 0.281 e. The molecule has 18 heavy (non-hydrogen) atoms. The molecule has 0 aliphatic carbocycles. The van der Waals surface area contributed by atoms with Gasteiger partial charge in [-0.25, -0.2) is 4.39 Å². The Morgan fingerprint density at radius 2 is 2.06 bits per heavy atom. The molecule has 2 rings (SSSR count). The molecule has 2 aromatic rings. The number of hydrogen-bond acceptors (Lipinski definition) is 5. The van der Waals surface area contributed by atoms with E-state index < -0.39 is 0 Å². The number of aryl methyl sites for hydroxylation is 2. The van der Waals surface area contributed by atoms with Gasteiger partial charge in [0.25, 0.3) is 5.22 Å². The second kappa shape index (κ2) is 5.07. The van der Waals surface area contributed by atoms with Crippen LogP contribution in [-0.2, 0) is 0 Å². The molecule has 0 aliphatic rings. The van der Waals surface area contributed by atoms with Crippen LogP contribution in [0.25, 0.3) is 0 Å². The molecular formula is C12H14FN3OS. The minimum Gasteiger partial charge on any atom is -0.416 e. The molecule has 0 amide bonds. The molecule has 1 aromatic carbocycles. The van der Waals surface area contributed by atoms with Crippen LogP contribution in [0.15, 0.2) is 26.7 Å². The van der Waals surface area contributed by atoms with Crippen LogP contribution in [0.4, 0.5) is 4.39 Å². The first-order valence-corrected chi connectivity index (χ1v) is 6.32. The Labute approximate surface area is 109 Å². The predicted molar refractivity (Wildman–Crippen MR) is 66.9 cm³/mol. The maximum absolute atomic E-state index is 13.5. The monoisotopic (exact) mass is 267 g/mol. The summed E-state index contributed by atoms with van der Waals surface area (Å²) in [6.45, 7) is 5.25. The van der Waals surface area contributed by atoms with Crippen molar-refractivity contribution in [3.8, 4) is 0 Å². The zero-order valence-corrected chi connectivity index (χ0v) is 11.2. The largest absolute Gasteiger partial charge is 0.416 e. The van der Waals surface area contributed by atoms with Gasteiger partial charge in [-0.15, -0.1) is 10.2 Å². The minimum atomic E-state index is -0.258. The van der Waals surface area contributed by atoms with Crippen LogP contribution < -0.4 is 5.73 Å². The molecule has 0 saturated heterocycles. The van der Waals surface area contributed by atoms with Crippen molar-refractivity contribution in [3.05, 3.63) is 35.0 Å². The highest BCUT2D eigenvalue weighted by molar-refractivity contribution is 7.99. The summed E-state index contributed by atoms with van der Waals surface area (Å²) in [7, 11) is 0. The van der Waals surface area contributed by atoms with Crippen molar-refractivity contribution >= 4 is 11.8 Å². The van der Waals surface area contributed by atoms with Crippen LogP contribution >= 0.6 is 11.8 Å². The normalized spacial score (nSPS) is 12.7. The van der Waals surface area contributed by atoms with E-state index in [1.54, 1.807) is 19.9 Å². The number of rotatable bonds is 3. The van der Waals surface area contributed by atoms with Crippen LogP contribution in [-0.4, -0.2) is 10.2 Å². The van der Waals surface area contributed by atoms with Gasteiger partial charge in [-0.3, -0.25) is 0 Å². The molecule has 0 bridgehead atoms. The number of aromatic nitrogens is 2. The zero-order valence-electron chi connectivity index (χ0n) is 10.4. The molecule has 1 aromatic heterocycles. The van der Waals surface area contributed by atoms with Gasteiger partial charge in [0.2, 0.25) is 5.89 Å². The van der Waals surface area contributed by atoms with E-state index in [9.17, 15) is 4.39 Å². The molecule has 6 heteroatoms. The number of nitrogens with zero attached hydrogens (tertiary/aromatic N) is 2. The highest BCUT2D eigenvalue weighted by Crippen LogP contribution is 2.33. The number of benzene rings is 1. The van der Waals surface area contributed by atoms with Crippen molar-refractivity contribution in [3.63, 3.8) is 0 Å². The van der Waals surface area contributed by atoms with Crippen LogP contribution in [0.3, 0.4) is 0 Å². The van der Waals surface area contributed by atoms with Gasteiger partial charge in [-0.1, -0.05) is 0 Å². The smallest absolute Gasteiger partial charge is 0.281 e. The molecule has 2 N–H and O–H groups in total. The first-order valence-electron chi connectivity index (χ1n) is 5.51. The lowest BCUT2D eigenvalue weighted by Crippen LogP contribution is -2.07. The average Bonchev–Trinajstić information content (AvgIpc) is 2.68. The summed E-state index contributed by atoms with van der Waals surface area (Å²) in [5.74, 6) is 0.243. The van der Waals surface area contributed by atoms with Gasteiger partial charge in [-0.05, 0) is 48.9 Å². The van der Waals surface area contributed by atoms with E-state index in [1.807, 2.05) is 6.92 Å². The van der Waals surface area contributed by atoms with Gasteiger partial charge in [0.05, 0.1) is 0 Å². The van der Waals surface area contributed by atoms with Crippen molar-refractivity contribution in [1.29, 1.82) is 0 Å². The third-order valence-electron chi connectivity index (χ3n) is 2.49. The van der Waals surface area contributed by atoms with Gasteiger partial charge >= 0.3 is 0 Å². The summed E-state index contributed by atoms with van der Waals surface area (Å²) in [6, 6.07) is 2.95. The summed E-state index contributed by atoms with van der Waals surface area (Å²) in [6.07, 6.45) is 0. The second-order valence-corrected chi connectivity index (χ2v) is 5.11. The van der Waals surface area contributed by atoms with Crippen LogP contribution in [0.2, 0.25) is 0 Å². The lowest BCUT2D eigenvalue weighted by atomic mass is 10.1. The van der Waals surface area contributed by atoms with Crippen molar-refractivity contribution in [1.82, 2.24) is 10.2 Å². The lowest BCUT2D eigenvalue weighted by molar-refractivity contribution is 0.429. The van der Waals surface area contributed by atoms with Crippen molar-refractivity contribution < 1.29 is 8.81 Å². The molecule has 0 spiro atoms. The Bertz CT molecular complexity index is 568. The highest BCUT2D eigenvalue weighted by atomic mass is 32.2. The Balaban J connectivity index is 2.39. The quantitative estimate of drug-likeness (QED) is 0.926. The Hall–Kier alpha value is -1.40. The first-order chi connectivity index (χ1) is 8.47. The molecule has 0 aliphatic heterocycles. The van der Waals surface area contributed by atoms with Gasteiger partial charge in [0.1, 0.15) is 5.82 Å². The van der Waals surface area contributed by atoms with E-state index in [-0.39, 0.29) is 11.9 Å². The van der Waals surface area contributed by atoms with E-state index in [0.717, 1.165) is 10.5 Å². The van der Waals surface area contributed by atoms with Crippen LogP contribution in [0, 0.1) is 19.7 Å². The van der Waals surface area contributed by atoms with E-state index in [0.29, 0.717) is 16.7 Å². The van der Waals surface area contributed by atoms with Gasteiger partial charge < -0.3 is 10.2 Å². The molecule has 4 nitrogen and oxygen atoms in total. The predicted octanol–water partition coefficient (Wildman–Crippen LogP) is 3.00. The fourth-order valence-corrected chi connectivity index (χ4v) is 2.56. The number of halogens is 1. The van der Waals surface area contributed by atoms with Crippen molar-refractivity contribution in [2.45, 2.75) is 36.9 Å².